The first-order valence-electron chi connectivity index (χ1n) is 7.59. The van der Waals surface area contributed by atoms with Crippen LogP contribution in [0, 0.1) is 5.82 Å². The van der Waals surface area contributed by atoms with Crippen LogP contribution in [-0.4, -0.2) is 15.7 Å². The molecular formula is C18H13F4N3O. The Kier molecular flexibility index (Phi) is 4.75. The molecule has 26 heavy (non-hydrogen) atoms. The van der Waals surface area contributed by atoms with Crippen LogP contribution in [-0.2, 0) is 12.7 Å². The first kappa shape index (κ1) is 17.7. The van der Waals surface area contributed by atoms with E-state index in [0.29, 0.717) is 11.3 Å². The third kappa shape index (κ3) is 4.08. The normalized spacial score (nSPS) is 11.4. The van der Waals surface area contributed by atoms with Gasteiger partial charge < -0.3 is 5.32 Å². The summed E-state index contributed by atoms with van der Waals surface area (Å²) in [6.45, 7) is -0.0738. The SMILES string of the molecule is O=C(NCc1cccc(C(F)(F)F)c1)c1ccn(-c2cccc(F)c2)n1. The molecule has 4 nitrogen and oxygen atoms in total. The molecule has 0 spiro atoms. The minimum atomic E-state index is -4.44. The first-order chi connectivity index (χ1) is 12.3. The van der Waals surface area contributed by atoms with Crippen LogP contribution in [0.4, 0.5) is 17.6 Å². The molecule has 0 bridgehead atoms. The van der Waals surface area contributed by atoms with Gasteiger partial charge in [0.05, 0.1) is 11.3 Å². The monoisotopic (exact) mass is 363 g/mol. The van der Waals surface area contributed by atoms with Crippen LogP contribution in [0.5, 0.6) is 0 Å². The van der Waals surface area contributed by atoms with Gasteiger partial charge in [0, 0.05) is 12.7 Å². The number of halogens is 4. The number of amides is 1. The van der Waals surface area contributed by atoms with E-state index in [0.717, 1.165) is 12.1 Å². The second-order valence-electron chi connectivity index (χ2n) is 5.51. The van der Waals surface area contributed by atoms with Crippen LogP contribution in [0.2, 0.25) is 0 Å². The van der Waals surface area contributed by atoms with Crippen molar-refractivity contribution >= 4 is 5.91 Å². The van der Waals surface area contributed by atoms with Gasteiger partial charge in [0.25, 0.3) is 5.91 Å². The fourth-order valence-electron chi connectivity index (χ4n) is 2.34. The molecule has 1 heterocycles. The van der Waals surface area contributed by atoms with E-state index in [1.807, 2.05) is 0 Å². The van der Waals surface area contributed by atoms with E-state index in [-0.39, 0.29) is 12.2 Å². The lowest BCUT2D eigenvalue weighted by Crippen LogP contribution is -2.23. The van der Waals surface area contributed by atoms with Crippen LogP contribution in [0.15, 0.2) is 60.8 Å². The first-order valence-corrected chi connectivity index (χ1v) is 7.59. The lowest BCUT2D eigenvalue weighted by Gasteiger charge is -2.09. The van der Waals surface area contributed by atoms with Crippen molar-refractivity contribution in [1.82, 2.24) is 15.1 Å². The molecule has 0 saturated heterocycles. The summed E-state index contributed by atoms with van der Waals surface area (Å²) in [6, 6.07) is 11.8. The maximum Gasteiger partial charge on any atom is 0.416 e. The summed E-state index contributed by atoms with van der Waals surface area (Å²) < 4.78 is 52.7. The van der Waals surface area contributed by atoms with E-state index >= 15 is 0 Å². The molecule has 0 atom stereocenters. The highest BCUT2D eigenvalue weighted by molar-refractivity contribution is 5.92. The number of nitrogens with one attached hydrogen (secondary N) is 1. The Bertz CT molecular complexity index is 934. The Morgan fingerprint density at radius 1 is 1.08 bits per heavy atom. The van der Waals surface area contributed by atoms with Gasteiger partial charge in [0.15, 0.2) is 5.69 Å². The Morgan fingerprint density at radius 3 is 2.58 bits per heavy atom. The Hall–Kier alpha value is -3.16. The second-order valence-corrected chi connectivity index (χ2v) is 5.51. The van der Waals surface area contributed by atoms with Crippen LogP contribution in [0.3, 0.4) is 0 Å². The number of hydrogen-bond donors (Lipinski definition) is 1. The highest BCUT2D eigenvalue weighted by Crippen LogP contribution is 2.29. The van der Waals surface area contributed by atoms with E-state index in [2.05, 4.69) is 10.4 Å². The van der Waals surface area contributed by atoms with E-state index in [9.17, 15) is 22.4 Å². The predicted molar refractivity (Wildman–Crippen MR) is 86.1 cm³/mol. The summed E-state index contributed by atoms with van der Waals surface area (Å²) in [7, 11) is 0. The van der Waals surface area contributed by atoms with Gasteiger partial charge in [0.1, 0.15) is 5.82 Å². The number of rotatable bonds is 4. The molecule has 3 rings (SSSR count). The molecule has 0 fully saturated rings. The summed E-state index contributed by atoms with van der Waals surface area (Å²) in [5, 5.41) is 6.56. The molecule has 0 aliphatic carbocycles. The minimum absolute atomic E-state index is 0.0706. The van der Waals surface area contributed by atoms with Gasteiger partial charge in [0.2, 0.25) is 0 Å². The zero-order chi connectivity index (χ0) is 18.7. The van der Waals surface area contributed by atoms with Gasteiger partial charge in [-0.1, -0.05) is 18.2 Å². The average Bonchev–Trinajstić information content (AvgIpc) is 3.09. The van der Waals surface area contributed by atoms with Gasteiger partial charge in [-0.3, -0.25) is 4.79 Å². The van der Waals surface area contributed by atoms with E-state index in [4.69, 9.17) is 0 Å². The van der Waals surface area contributed by atoms with E-state index < -0.39 is 23.5 Å². The van der Waals surface area contributed by atoms with Crippen molar-refractivity contribution in [2.24, 2.45) is 0 Å². The lowest BCUT2D eigenvalue weighted by atomic mass is 10.1. The van der Waals surface area contributed by atoms with E-state index in [1.165, 1.54) is 47.3 Å². The minimum Gasteiger partial charge on any atom is -0.347 e. The molecule has 0 radical (unpaired) electrons. The number of alkyl halides is 3. The maximum atomic E-state index is 13.2. The second kappa shape index (κ2) is 6.99. The highest BCUT2D eigenvalue weighted by atomic mass is 19.4. The van der Waals surface area contributed by atoms with Crippen molar-refractivity contribution in [1.29, 1.82) is 0 Å². The summed E-state index contributed by atoms with van der Waals surface area (Å²) in [4.78, 5) is 12.1. The number of nitrogens with zero attached hydrogens (tertiary/aromatic N) is 2. The van der Waals surface area contributed by atoms with Gasteiger partial charge in [-0.15, -0.1) is 0 Å². The standard InChI is InChI=1S/C18H13F4N3O/c19-14-5-2-6-15(10-14)25-8-7-16(24-25)17(26)23-11-12-3-1-4-13(9-12)18(20,21)22/h1-10H,11H2,(H,23,26). The molecule has 2 aromatic carbocycles. The Balaban J connectivity index is 1.68. The molecule has 3 aromatic rings. The van der Waals surface area contributed by atoms with Crippen molar-refractivity contribution in [2.75, 3.05) is 0 Å². The number of hydrogen-bond acceptors (Lipinski definition) is 2. The van der Waals surface area contributed by atoms with Crippen LogP contribution >= 0.6 is 0 Å². The number of carbonyl (C=O) groups excluding carboxylic acids is 1. The quantitative estimate of drug-likeness (QED) is 0.714. The largest absolute Gasteiger partial charge is 0.416 e. The molecule has 0 saturated carbocycles. The van der Waals surface area contributed by atoms with Crippen LogP contribution in [0.1, 0.15) is 21.6 Å². The van der Waals surface area contributed by atoms with Crippen molar-refractivity contribution in [3.05, 3.63) is 83.4 Å². The van der Waals surface area contributed by atoms with Crippen LogP contribution < -0.4 is 5.32 Å². The molecule has 0 aliphatic heterocycles. The Morgan fingerprint density at radius 2 is 1.85 bits per heavy atom. The summed E-state index contributed by atoms with van der Waals surface area (Å²) >= 11 is 0. The third-order valence-corrected chi connectivity index (χ3v) is 3.60. The van der Waals surface area contributed by atoms with Crippen molar-refractivity contribution in [3.8, 4) is 5.69 Å². The predicted octanol–water partition coefficient (Wildman–Crippen LogP) is 3.96. The highest BCUT2D eigenvalue weighted by Gasteiger charge is 2.30. The molecular weight excluding hydrogens is 350 g/mol. The van der Waals surface area contributed by atoms with Gasteiger partial charge in [-0.05, 0) is 42.0 Å². The van der Waals surface area contributed by atoms with Gasteiger partial charge in [-0.2, -0.15) is 18.3 Å². The fourth-order valence-corrected chi connectivity index (χ4v) is 2.34. The fraction of sp³-hybridized carbons (Fsp3) is 0.111. The third-order valence-electron chi connectivity index (χ3n) is 3.60. The zero-order valence-corrected chi connectivity index (χ0v) is 13.3. The van der Waals surface area contributed by atoms with Gasteiger partial charge >= 0.3 is 6.18 Å². The lowest BCUT2D eigenvalue weighted by molar-refractivity contribution is -0.137. The smallest absolute Gasteiger partial charge is 0.347 e. The van der Waals surface area contributed by atoms with E-state index in [1.54, 1.807) is 6.07 Å². The molecule has 0 unspecified atom stereocenters. The van der Waals surface area contributed by atoms with Crippen molar-refractivity contribution < 1.29 is 22.4 Å². The summed E-state index contributed by atoms with van der Waals surface area (Å²) in [5.74, 6) is -0.980. The number of carbonyl (C=O) groups is 1. The summed E-state index contributed by atoms with van der Waals surface area (Å²) in [5.41, 5.74) is 0.0561. The zero-order valence-electron chi connectivity index (χ0n) is 13.3. The number of aromatic nitrogens is 2. The van der Waals surface area contributed by atoms with Crippen molar-refractivity contribution in [2.45, 2.75) is 12.7 Å². The Labute approximate surface area is 146 Å². The molecule has 1 amide bonds. The summed E-state index contributed by atoms with van der Waals surface area (Å²) in [6.07, 6.45) is -2.95. The molecule has 0 aliphatic rings. The molecule has 1 N–H and O–H groups in total. The molecule has 8 heteroatoms. The van der Waals surface area contributed by atoms with Crippen molar-refractivity contribution in [3.63, 3.8) is 0 Å². The molecule has 134 valence electrons. The maximum absolute atomic E-state index is 13.2. The number of benzene rings is 2. The average molecular weight is 363 g/mol. The van der Waals surface area contributed by atoms with Gasteiger partial charge in [-0.25, -0.2) is 9.07 Å². The van der Waals surface area contributed by atoms with Crippen LogP contribution in [0.25, 0.3) is 5.69 Å². The molecule has 1 aromatic heterocycles. The topological polar surface area (TPSA) is 46.9 Å².